The molecule has 0 amide bonds. The average molecular weight is 318 g/mol. The number of nitrogens with one attached hydrogen (secondary N) is 1. The summed E-state index contributed by atoms with van der Waals surface area (Å²) >= 11 is 6.08. The van der Waals surface area contributed by atoms with E-state index in [0.717, 1.165) is 17.3 Å². The number of rotatable bonds is 4. The minimum absolute atomic E-state index is 0.111. The summed E-state index contributed by atoms with van der Waals surface area (Å²) in [6, 6.07) is 5.52. The average Bonchev–Trinajstić information content (AvgIpc) is 2.64. The minimum atomic E-state index is -4.35. The molecule has 0 atom stereocenters. The molecular weight excluding hydrogens is 303 g/mol. The van der Waals surface area contributed by atoms with Gasteiger partial charge in [0.2, 0.25) is 0 Å². The van der Waals surface area contributed by atoms with E-state index in [-0.39, 0.29) is 12.1 Å². The summed E-state index contributed by atoms with van der Waals surface area (Å²) in [5.41, 5.74) is 1.15. The van der Waals surface area contributed by atoms with Crippen LogP contribution < -0.4 is 5.32 Å². The lowest BCUT2D eigenvalue weighted by Gasteiger charge is -2.13. The lowest BCUT2D eigenvalue weighted by Crippen LogP contribution is -2.17. The van der Waals surface area contributed by atoms with Crippen LogP contribution in [0.15, 0.2) is 24.3 Å². The molecule has 3 nitrogen and oxygen atoms in total. The number of nitrogens with zero attached hydrogens (tertiary/aromatic N) is 2. The smallest absolute Gasteiger partial charge is 0.308 e. The van der Waals surface area contributed by atoms with E-state index < -0.39 is 11.7 Å². The first-order chi connectivity index (χ1) is 9.80. The third-order valence-electron chi connectivity index (χ3n) is 3.21. The fraction of sp³-hybridized carbons (Fsp3) is 0.357. The molecule has 114 valence electrons. The number of hydrogen-bond donors (Lipinski definition) is 1. The van der Waals surface area contributed by atoms with Crippen LogP contribution in [-0.2, 0) is 26.3 Å². The van der Waals surface area contributed by atoms with Gasteiger partial charge < -0.3 is 5.32 Å². The van der Waals surface area contributed by atoms with Crippen molar-refractivity contribution in [1.29, 1.82) is 0 Å². The van der Waals surface area contributed by atoms with Crippen molar-refractivity contribution in [3.8, 4) is 0 Å². The number of halogens is 4. The molecule has 0 aliphatic rings. The number of aryl methyl sites for hydroxylation is 2. The Kier molecular flexibility index (Phi) is 4.58. The van der Waals surface area contributed by atoms with Crippen molar-refractivity contribution in [3.05, 3.63) is 51.8 Å². The zero-order valence-electron chi connectivity index (χ0n) is 11.6. The first-order valence-electron chi connectivity index (χ1n) is 6.34. The lowest BCUT2D eigenvalue weighted by atomic mass is 10.1. The fourth-order valence-electron chi connectivity index (χ4n) is 2.15. The van der Waals surface area contributed by atoms with Crippen molar-refractivity contribution in [2.75, 3.05) is 0 Å². The van der Waals surface area contributed by atoms with E-state index in [1.165, 1.54) is 16.8 Å². The monoisotopic (exact) mass is 317 g/mol. The van der Waals surface area contributed by atoms with Crippen LogP contribution >= 0.6 is 11.6 Å². The van der Waals surface area contributed by atoms with E-state index in [2.05, 4.69) is 10.4 Å². The Hall–Kier alpha value is -1.53. The molecule has 2 aromatic rings. The van der Waals surface area contributed by atoms with E-state index in [9.17, 15) is 13.2 Å². The topological polar surface area (TPSA) is 29.9 Å². The van der Waals surface area contributed by atoms with Crippen molar-refractivity contribution in [1.82, 2.24) is 15.1 Å². The highest BCUT2D eigenvalue weighted by Gasteiger charge is 2.32. The van der Waals surface area contributed by atoms with Gasteiger partial charge in [-0.2, -0.15) is 18.3 Å². The molecule has 1 N–H and O–H groups in total. The van der Waals surface area contributed by atoms with Crippen molar-refractivity contribution in [2.24, 2.45) is 7.05 Å². The summed E-state index contributed by atoms with van der Waals surface area (Å²) in [5, 5.41) is 7.64. The third kappa shape index (κ3) is 3.57. The summed E-state index contributed by atoms with van der Waals surface area (Å²) in [4.78, 5) is 0. The molecule has 0 unspecified atom stereocenters. The molecule has 0 saturated carbocycles. The van der Waals surface area contributed by atoms with Crippen LogP contribution in [0.4, 0.5) is 13.2 Å². The van der Waals surface area contributed by atoms with Gasteiger partial charge in [0.25, 0.3) is 0 Å². The number of alkyl halides is 3. The van der Waals surface area contributed by atoms with Crippen LogP contribution in [0.3, 0.4) is 0 Å². The Morgan fingerprint density at radius 3 is 2.48 bits per heavy atom. The first kappa shape index (κ1) is 15.9. The maximum absolute atomic E-state index is 12.9. The quantitative estimate of drug-likeness (QED) is 0.932. The summed E-state index contributed by atoms with van der Waals surface area (Å²) in [6.07, 6.45) is -4.35. The molecule has 0 saturated heterocycles. The summed E-state index contributed by atoms with van der Waals surface area (Å²) < 4.78 is 40.1. The Balaban J connectivity index is 2.08. The van der Waals surface area contributed by atoms with Gasteiger partial charge in [0.1, 0.15) is 5.15 Å². The molecule has 1 aromatic heterocycles. The zero-order valence-corrected chi connectivity index (χ0v) is 12.4. The molecule has 1 heterocycles. The van der Waals surface area contributed by atoms with Gasteiger partial charge in [0.15, 0.2) is 0 Å². The number of hydrogen-bond acceptors (Lipinski definition) is 2. The van der Waals surface area contributed by atoms with Crippen molar-refractivity contribution >= 4 is 11.6 Å². The number of benzene rings is 1. The van der Waals surface area contributed by atoms with Crippen molar-refractivity contribution in [3.63, 3.8) is 0 Å². The summed E-state index contributed by atoms with van der Waals surface area (Å²) in [7, 11) is 1.72. The first-order valence-corrected chi connectivity index (χ1v) is 6.72. The Labute approximate surface area is 125 Å². The molecule has 0 radical (unpaired) electrons. The van der Waals surface area contributed by atoms with Crippen LogP contribution in [0, 0.1) is 6.92 Å². The van der Waals surface area contributed by atoms with Crippen molar-refractivity contribution < 1.29 is 13.2 Å². The molecular formula is C14H15ClF3N3. The van der Waals surface area contributed by atoms with E-state index >= 15 is 0 Å². The second-order valence-corrected chi connectivity index (χ2v) is 5.09. The highest BCUT2D eigenvalue weighted by molar-refractivity contribution is 6.30. The molecule has 0 spiro atoms. The van der Waals surface area contributed by atoms with Crippen LogP contribution in [0.5, 0.6) is 0 Å². The second-order valence-electron chi connectivity index (χ2n) is 4.74. The molecule has 0 aliphatic heterocycles. The highest BCUT2D eigenvalue weighted by atomic mass is 35.5. The third-order valence-corrected chi connectivity index (χ3v) is 3.68. The van der Waals surface area contributed by atoms with E-state index in [1.54, 1.807) is 13.1 Å². The van der Waals surface area contributed by atoms with Gasteiger partial charge in [-0.15, -0.1) is 0 Å². The summed E-state index contributed by atoms with van der Waals surface area (Å²) in [6.45, 7) is 2.29. The largest absolute Gasteiger partial charge is 0.416 e. The van der Waals surface area contributed by atoms with Crippen LogP contribution in [0.2, 0.25) is 5.15 Å². The fourth-order valence-corrected chi connectivity index (χ4v) is 2.39. The van der Waals surface area contributed by atoms with Gasteiger partial charge in [-0.25, -0.2) is 0 Å². The normalized spacial score (nSPS) is 11.9. The highest BCUT2D eigenvalue weighted by Crippen LogP contribution is 2.31. The molecule has 0 aliphatic carbocycles. The Bertz CT molecular complexity index is 635. The number of aromatic nitrogens is 2. The van der Waals surface area contributed by atoms with Crippen molar-refractivity contribution in [2.45, 2.75) is 26.2 Å². The molecule has 0 fully saturated rings. The standard InChI is InChI=1S/C14H15ClF3N3/c1-9-11(13(15)21(2)20-9)8-19-7-10-5-3-4-6-12(10)14(16,17)18/h3-6,19H,7-8H2,1-2H3. The molecule has 1 aromatic carbocycles. The molecule has 7 heteroatoms. The van der Waals surface area contributed by atoms with Gasteiger partial charge in [-0.3, -0.25) is 4.68 Å². The predicted molar refractivity (Wildman–Crippen MR) is 74.9 cm³/mol. The van der Waals surface area contributed by atoms with Gasteiger partial charge in [0, 0.05) is 25.7 Å². The maximum Gasteiger partial charge on any atom is 0.416 e. The SMILES string of the molecule is Cc1nn(C)c(Cl)c1CNCc1ccccc1C(F)(F)F. The van der Waals surface area contributed by atoms with Gasteiger partial charge >= 0.3 is 6.18 Å². The Morgan fingerprint density at radius 1 is 1.24 bits per heavy atom. The summed E-state index contributed by atoms with van der Waals surface area (Å²) in [5.74, 6) is 0. The van der Waals surface area contributed by atoms with E-state index in [1.807, 2.05) is 6.92 Å². The van der Waals surface area contributed by atoms with Crippen LogP contribution in [0.25, 0.3) is 0 Å². The minimum Gasteiger partial charge on any atom is -0.308 e. The maximum atomic E-state index is 12.9. The van der Waals surface area contributed by atoms with Gasteiger partial charge in [-0.05, 0) is 18.6 Å². The lowest BCUT2D eigenvalue weighted by molar-refractivity contribution is -0.138. The molecule has 0 bridgehead atoms. The molecule has 2 rings (SSSR count). The van der Waals surface area contributed by atoms with E-state index in [4.69, 9.17) is 11.6 Å². The Morgan fingerprint density at radius 2 is 1.90 bits per heavy atom. The van der Waals surface area contributed by atoms with Gasteiger partial charge in [0.05, 0.1) is 11.3 Å². The zero-order chi connectivity index (χ0) is 15.6. The van der Waals surface area contributed by atoms with E-state index in [0.29, 0.717) is 11.7 Å². The van der Waals surface area contributed by atoms with Gasteiger partial charge in [-0.1, -0.05) is 29.8 Å². The molecule has 21 heavy (non-hydrogen) atoms. The van der Waals surface area contributed by atoms with Crippen LogP contribution in [-0.4, -0.2) is 9.78 Å². The predicted octanol–water partition coefficient (Wildman–Crippen LogP) is 3.69. The van der Waals surface area contributed by atoms with Crippen LogP contribution in [0.1, 0.15) is 22.4 Å². The second kappa shape index (κ2) is 6.07.